The smallest absolute Gasteiger partial charge is 0.277 e. The molecule has 3 N–H and O–H groups in total. The average Bonchev–Trinajstić information content (AvgIpc) is 3.41. The molecule has 4 aromatic rings. The minimum Gasteiger partial charge on any atom is -0.411 e. The van der Waals surface area contributed by atoms with Gasteiger partial charge in [-0.15, -0.1) is 10.2 Å². The van der Waals surface area contributed by atoms with Crippen molar-refractivity contribution in [2.45, 2.75) is 19.1 Å². The van der Waals surface area contributed by atoms with Gasteiger partial charge in [-0.2, -0.15) is 0 Å². The minimum atomic E-state index is -0.298. The number of nitrogens with one attached hydrogen (secondary N) is 3. The molecule has 9 heteroatoms. The fourth-order valence-electron chi connectivity index (χ4n) is 3.06. The third kappa shape index (κ3) is 4.77. The van der Waals surface area contributed by atoms with Gasteiger partial charge in [-0.05, 0) is 37.1 Å². The van der Waals surface area contributed by atoms with Crippen LogP contribution in [0.4, 0.5) is 5.69 Å². The second-order valence-corrected chi connectivity index (χ2v) is 7.91. The Kier molecular flexibility index (Phi) is 6.03. The lowest BCUT2D eigenvalue weighted by molar-refractivity contribution is -0.122. The van der Waals surface area contributed by atoms with Crippen molar-refractivity contribution in [1.29, 1.82) is 0 Å². The van der Waals surface area contributed by atoms with Crippen molar-refractivity contribution in [3.63, 3.8) is 0 Å². The molecule has 2 heterocycles. The van der Waals surface area contributed by atoms with Gasteiger partial charge in [0, 0.05) is 22.8 Å². The molecule has 0 saturated heterocycles. The van der Waals surface area contributed by atoms with Gasteiger partial charge in [-0.25, -0.2) is 0 Å². The van der Waals surface area contributed by atoms with Crippen molar-refractivity contribution in [3.8, 4) is 11.5 Å². The first-order valence-electron chi connectivity index (χ1n) is 9.67. The SMILES string of the molecule is Cc1cccc(NC(=O)CNC(=O)CSc2nnc(-c3c[nH]c4ccccc34)o2)c1C. The molecule has 0 fully saturated rings. The van der Waals surface area contributed by atoms with E-state index in [1.165, 1.54) is 0 Å². The minimum absolute atomic E-state index is 0.0618. The van der Waals surface area contributed by atoms with E-state index in [1.54, 1.807) is 0 Å². The molecule has 2 aromatic carbocycles. The summed E-state index contributed by atoms with van der Waals surface area (Å²) in [6.07, 6.45) is 1.81. The van der Waals surface area contributed by atoms with Crippen LogP contribution in [0.25, 0.3) is 22.4 Å². The normalized spacial score (nSPS) is 10.9. The zero-order valence-corrected chi connectivity index (χ0v) is 17.9. The Hall–Kier alpha value is -3.59. The number of amides is 2. The highest BCUT2D eigenvalue weighted by atomic mass is 32.2. The molecular weight excluding hydrogens is 414 g/mol. The van der Waals surface area contributed by atoms with Crippen LogP contribution in [0.3, 0.4) is 0 Å². The maximum absolute atomic E-state index is 12.1. The molecule has 0 aliphatic carbocycles. The van der Waals surface area contributed by atoms with Crippen LogP contribution in [-0.2, 0) is 9.59 Å². The van der Waals surface area contributed by atoms with E-state index in [2.05, 4.69) is 25.8 Å². The van der Waals surface area contributed by atoms with E-state index in [4.69, 9.17) is 4.42 Å². The Balaban J connectivity index is 1.27. The number of rotatable bonds is 7. The highest BCUT2D eigenvalue weighted by Gasteiger charge is 2.15. The van der Waals surface area contributed by atoms with E-state index >= 15 is 0 Å². The predicted molar refractivity (Wildman–Crippen MR) is 120 cm³/mol. The molecular formula is C22H21N5O3S. The summed E-state index contributed by atoms with van der Waals surface area (Å²) in [5.74, 6) is -0.139. The second kappa shape index (κ2) is 9.05. The number of aromatic amines is 1. The van der Waals surface area contributed by atoms with Crippen LogP contribution in [0.15, 0.2) is 58.3 Å². The largest absolute Gasteiger partial charge is 0.411 e. The fourth-order valence-corrected chi connectivity index (χ4v) is 3.66. The van der Waals surface area contributed by atoms with Crippen LogP contribution >= 0.6 is 11.8 Å². The number of para-hydroxylation sites is 1. The molecule has 0 radical (unpaired) electrons. The number of aromatic nitrogens is 3. The number of hydrogen-bond acceptors (Lipinski definition) is 6. The maximum atomic E-state index is 12.1. The summed E-state index contributed by atoms with van der Waals surface area (Å²) in [6, 6.07) is 13.5. The number of H-pyrrole nitrogens is 1. The van der Waals surface area contributed by atoms with E-state index < -0.39 is 0 Å². The van der Waals surface area contributed by atoms with Gasteiger partial charge in [0.1, 0.15) is 0 Å². The van der Waals surface area contributed by atoms with Gasteiger partial charge in [0.2, 0.25) is 11.8 Å². The van der Waals surface area contributed by atoms with Gasteiger partial charge in [-0.1, -0.05) is 42.1 Å². The van der Waals surface area contributed by atoms with Crippen LogP contribution < -0.4 is 10.6 Å². The molecule has 8 nitrogen and oxygen atoms in total. The van der Waals surface area contributed by atoms with Crippen molar-refractivity contribution in [2.24, 2.45) is 0 Å². The number of benzene rings is 2. The van der Waals surface area contributed by atoms with E-state index in [-0.39, 0.29) is 29.3 Å². The van der Waals surface area contributed by atoms with Crippen LogP contribution in [0.1, 0.15) is 11.1 Å². The first kappa shape index (κ1) is 20.7. The quantitative estimate of drug-likeness (QED) is 0.382. The third-order valence-electron chi connectivity index (χ3n) is 4.88. The van der Waals surface area contributed by atoms with Crippen molar-refractivity contribution >= 4 is 40.2 Å². The van der Waals surface area contributed by atoms with E-state index in [1.807, 2.05) is 62.5 Å². The molecule has 0 unspecified atom stereocenters. The number of hydrogen-bond donors (Lipinski definition) is 3. The van der Waals surface area contributed by atoms with Gasteiger partial charge in [-0.3, -0.25) is 9.59 Å². The number of thioether (sulfide) groups is 1. The number of carbonyl (C=O) groups excluding carboxylic acids is 2. The molecule has 0 aliphatic heterocycles. The molecule has 2 amide bonds. The molecule has 0 spiro atoms. The topological polar surface area (TPSA) is 113 Å². The molecule has 31 heavy (non-hydrogen) atoms. The summed E-state index contributed by atoms with van der Waals surface area (Å²) in [4.78, 5) is 27.4. The van der Waals surface area contributed by atoms with Gasteiger partial charge in [0.05, 0.1) is 17.9 Å². The highest BCUT2D eigenvalue weighted by molar-refractivity contribution is 7.99. The maximum Gasteiger partial charge on any atom is 0.277 e. The van der Waals surface area contributed by atoms with Gasteiger partial charge < -0.3 is 20.0 Å². The monoisotopic (exact) mass is 435 g/mol. The number of fused-ring (bicyclic) bond motifs is 1. The zero-order valence-electron chi connectivity index (χ0n) is 17.1. The highest BCUT2D eigenvalue weighted by Crippen LogP contribution is 2.29. The zero-order chi connectivity index (χ0) is 21.8. The van der Waals surface area contributed by atoms with Crippen molar-refractivity contribution in [2.75, 3.05) is 17.6 Å². The standard InChI is InChI=1S/C22H21N5O3S/c1-13-6-5-9-17(14(13)2)25-19(28)11-24-20(29)12-31-22-27-26-21(30-22)16-10-23-18-8-4-3-7-15(16)18/h3-10,23H,11-12H2,1-2H3,(H,24,29)(H,25,28). The van der Waals surface area contributed by atoms with Gasteiger partial charge in [0.15, 0.2) is 0 Å². The summed E-state index contributed by atoms with van der Waals surface area (Å²) in [6.45, 7) is 3.80. The Morgan fingerprint density at radius 3 is 2.77 bits per heavy atom. The lowest BCUT2D eigenvalue weighted by Gasteiger charge is -2.10. The Bertz CT molecular complexity index is 1250. The van der Waals surface area contributed by atoms with Crippen LogP contribution in [0.2, 0.25) is 0 Å². The Morgan fingerprint density at radius 1 is 1.06 bits per heavy atom. The molecule has 0 atom stereocenters. The van der Waals surface area contributed by atoms with Gasteiger partial charge in [0.25, 0.3) is 11.1 Å². The van der Waals surface area contributed by atoms with Crippen LogP contribution in [0, 0.1) is 13.8 Å². The average molecular weight is 436 g/mol. The number of aryl methyl sites for hydroxylation is 1. The van der Waals surface area contributed by atoms with Crippen molar-refractivity contribution in [1.82, 2.24) is 20.5 Å². The fraction of sp³-hybridized carbons (Fsp3) is 0.182. The predicted octanol–water partition coefficient (Wildman–Crippen LogP) is 3.68. The van der Waals surface area contributed by atoms with Crippen LogP contribution in [0.5, 0.6) is 0 Å². The van der Waals surface area contributed by atoms with E-state index in [0.717, 1.165) is 45.0 Å². The van der Waals surface area contributed by atoms with E-state index in [9.17, 15) is 9.59 Å². The number of anilines is 1. The Morgan fingerprint density at radius 2 is 1.90 bits per heavy atom. The molecule has 158 valence electrons. The third-order valence-corrected chi connectivity index (χ3v) is 5.70. The lowest BCUT2D eigenvalue weighted by Crippen LogP contribution is -2.34. The number of nitrogens with zero attached hydrogens (tertiary/aromatic N) is 2. The first-order chi connectivity index (χ1) is 15.0. The molecule has 0 saturated carbocycles. The summed E-state index contributed by atoms with van der Waals surface area (Å²) in [5.41, 5.74) is 4.61. The summed E-state index contributed by atoms with van der Waals surface area (Å²) < 4.78 is 5.68. The van der Waals surface area contributed by atoms with E-state index in [0.29, 0.717) is 5.89 Å². The van der Waals surface area contributed by atoms with Crippen molar-refractivity contribution in [3.05, 3.63) is 59.8 Å². The summed E-state index contributed by atoms with van der Waals surface area (Å²) in [5, 5.41) is 14.7. The number of carbonyl (C=O) groups is 2. The molecule has 0 bridgehead atoms. The molecule has 0 aliphatic rings. The van der Waals surface area contributed by atoms with Crippen molar-refractivity contribution < 1.29 is 14.0 Å². The molecule has 4 rings (SSSR count). The first-order valence-corrected chi connectivity index (χ1v) is 10.7. The van der Waals surface area contributed by atoms with Crippen LogP contribution in [-0.4, -0.2) is 39.3 Å². The molecule has 2 aromatic heterocycles. The Labute approximate surface area is 182 Å². The van der Waals surface area contributed by atoms with Gasteiger partial charge >= 0.3 is 0 Å². The summed E-state index contributed by atoms with van der Waals surface area (Å²) in [7, 11) is 0. The lowest BCUT2D eigenvalue weighted by atomic mass is 10.1. The second-order valence-electron chi connectivity index (χ2n) is 6.98. The summed E-state index contributed by atoms with van der Waals surface area (Å²) >= 11 is 1.12.